The second kappa shape index (κ2) is 9.03. The molecule has 0 aliphatic rings. The van der Waals surface area contributed by atoms with Gasteiger partial charge in [-0.25, -0.2) is 14.6 Å². The minimum atomic E-state index is -0.691. The molecule has 0 radical (unpaired) electrons. The summed E-state index contributed by atoms with van der Waals surface area (Å²) in [6.45, 7) is 1.90. The number of ether oxygens (including phenoxy) is 2. The van der Waals surface area contributed by atoms with E-state index in [0.29, 0.717) is 16.1 Å². The van der Waals surface area contributed by atoms with Crippen LogP contribution in [0.2, 0.25) is 0 Å². The number of methoxy groups -OCH3 is 1. The topological polar surface area (TPSA) is 85.7 Å². The van der Waals surface area contributed by atoms with E-state index in [1.165, 1.54) is 42.7 Å². The van der Waals surface area contributed by atoms with Crippen molar-refractivity contribution in [1.82, 2.24) is 4.98 Å². The summed E-state index contributed by atoms with van der Waals surface area (Å²) in [5.74, 6) is -1.18. The number of hydrogen-bond donors (Lipinski definition) is 1. The van der Waals surface area contributed by atoms with Crippen molar-refractivity contribution in [3.8, 4) is 22.1 Å². The third-order valence-electron chi connectivity index (χ3n) is 4.71. The number of phenols is 1. The van der Waals surface area contributed by atoms with Crippen LogP contribution in [-0.4, -0.2) is 29.1 Å². The fourth-order valence-electron chi connectivity index (χ4n) is 3.22. The Hall–Kier alpha value is -3.97. The zero-order valence-electron chi connectivity index (χ0n) is 17.4. The Kier molecular flexibility index (Phi) is 6.00. The number of fused-ring (bicyclic) bond motifs is 1. The van der Waals surface area contributed by atoms with Crippen molar-refractivity contribution in [3.63, 3.8) is 0 Å². The zero-order chi connectivity index (χ0) is 22.7. The molecule has 1 aromatic heterocycles. The largest absolute Gasteiger partial charge is 0.507 e. The lowest BCUT2D eigenvalue weighted by atomic mass is 10.0. The lowest BCUT2D eigenvalue weighted by molar-refractivity contribution is -0.128. The molecule has 0 atom stereocenters. The highest BCUT2D eigenvalue weighted by molar-refractivity contribution is 7.21. The molecule has 0 bridgehead atoms. The number of hydrogen-bond acceptors (Lipinski definition) is 7. The Labute approximate surface area is 188 Å². The van der Waals surface area contributed by atoms with Gasteiger partial charge in [-0.3, -0.25) is 0 Å². The summed E-state index contributed by atoms with van der Waals surface area (Å²) in [4.78, 5) is 28.8. The number of aryl methyl sites for hydroxylation is 1. The average molecular weight is 445 g/mol. The lowest BCUT2D eigenvalue weighted by Gasteiger charge is -2.08. The summed E-state index contributed by atoms with van der Waals surface area (Å²) in [7, 11) is 1.25. The SMILES string of the molecule is COC(=O)c1ccccc1OC(=O)/C=C/c1cc(C)cc(-c2nc3ccccc3s2)c1O. The van der Waals surface area contributed by atoms with E-state index in [1.54, 1.807) is 18.2 Å². The maximum atomic E-state index is 12.4. The summed E-state index contributed by atoms with van der Waals surface area (Å²) in [5, 5.41) is 11.5. The number of aromatic hydroxyl groups is 1. The maximum Gasteiger partial charge on any atom is 0.341 e. The third-order valence-corrected chi connectivity index (χ3v) is 5.78. The number of carbonyl (C=O) groups excluding carboxylic acids is 2. The molecule has 0 aliphatic carbocycles. The summed E-state index contributed by atoms with van der Waals surface area (Å²) < 4.78 is 11.0. The van der Waals surface area contributed by atoms with E-state index < -0.39 is 11.9 Å². The van der Waals surface area contributed by atoms with E-state index in [0.717, 1.165) is 15.8 Å². The van der Waals surface area contributed by atoms with Gasteiger partial charge in [-0.1, -0.05) is 24.3 Å². The highest BCUT2D eigenvalue weighted by atomic mass is 32.1. The molecule has 1 heterocycles. The molecule has 1 N–H and O–H groups in total. The van der Waals surface area contributed by atoms with E-state index in [-0.39, 0.29) is 17.1 Å². The van der Waals surface area contributed by atoms with Crippen molar-refractivity contribution in [2.24, 2.45) is 0 Å². The maximum absolute atomic E-state index is 12.4. The van der Waals surface area contributed by atoms with Gasteiger partial charge in [0.2, 0.25) is 0 Å². The Morgan fingerprint density at radius 2 is 1.81 bits per heavy atom. The Balaban J connectivity index is 1.61. The fraction of sp³-hybridized carbons (Fsp3) is 0.0800. The first-order valence-corrected chi connectivity index (χ1v) is 10.5. The molecular formula is C25H19NO5S. The molecule has 6 nitrogen and oxygen atoms in total. The predicted octanol–water partition coefficient (Wildman–Crippen LogP) is 5.38. The van der Waals surface area contributed by atoms with Crippen LogP contribution in [0.15, 0.2) is 66.7 Å². The van der Waals surface area contributed by atoms with Crippen molar-refractivity contribution in [3.05, 3.63) is 83.4 Å². The fourth-order valence-corrected chi connectivity index (χ4v) is 4.20. The monoisotopic (exact) mass is 445 g/mol. The molecular weight excluding hydrogens is 426 g/mol. The van der Waals surface area contributed by atoms with Crippen molar-refractivity contribution >= 4 is 39.6 Å². The number of phenolic OH excluding ortho intramolecular Hbond substituents is 1. The predicted molar refractivity (Wildman–Crippen MR) is 124 cm³/mol. The van der Waals surface area contributed by atoms with Gasteiger partial charge >= 0.3 is 11.9 Å². The van der Waals surface area contributed by atoms with Crippen molar-refractivity contribution < 1.29 is 24.2 Å². The van der Waals surface area contributed by atoms with Crippen molar-refractivity contribution in [2.45, 2.75) is 6.92 Å². The third kappa shape index (κ3) is 4.38. The standard InChI is InChI=1S/C25H19NO5S/c1-15-13-16(11-12-22(27)31-20-9-5-3-7-17(20)25(29)30-2)23(28)18(14-15)24-26-19-8-4-6-10-21(19)32-24/h3-14,28H,1-2H3/b12-11+. The van der Waals surface area contributed by atoms with Crippen LogP contribution in [-0.2, 0) is 9.53 Å². The van der Waals surface area contributed by atoms with E-state index in [1.807, 2.05) is 37.3 Å². The zero-order valence-corrected chi connectivity index (χ0v) is 18.2. The number of rotatable bonds is 5. The molecule has 0 spiro atoms. The number of carbonyl (C=O) groups is 2. The van der Waals surface area contributed by atoms with Crippen LogP contribution in [0.5, 0.6) is 11.5 Å². The van der Waals surface area contributed by atoms with Crippen LogP contribution >= 0.6 is 11.3 Å². The summed E-state index contributed by atoms with van der Waals surface area (Å²) in [6, 6.07) is 17.7. The first kappa shape index (κ1) is 21.3. The van der Waals surface area contributed by atoms with E-state index in [2.05, 4.69) is 4.98 Å². The van der Waals surface area contributed by atoms with E-state index >= 15 is 0 Å². The van der Waals surface area contributed by atoms with Crippen LogP contribution in [0, 0.1) is 6.92 Å². The van der Waals surface area contributed by atoms with Crippen LogP contribution in [0.1, 0.15) is 21.5 Å². The second-order valence-corrected chi connectivity index (χ2v) is 8.01. The minimum Gasteiger partial charge on any atom is -0.507 e. The molecule has 160 valence electrons. The molecule has 0 saturated heterocycles. The average Bonchev–Trinajstić information content (AvgIpc) is 3.23. The normalized spacial score (nSPS) is 11.1. The molecule has 0 fully saturated rings. The number of esters is 2. The van der Waals surface area contributed by atoms with Crippen LogP contribution in [0.3, 0.4) is 0 Å². The molecule has 0 amide bonds. The highest BCUT2D eigenvalue weighted by Gasteiger charge is 2.16. The summed E-state index contributed by atoms with van der Waals surface area (Å²) in [6.07, 6.45) is 2.67. The van der Waals surface area contributed by atoms with Gasteiger partial charge in [0.25, 0.3) is 0 Å². The Morgan fingerprint density at radius 1 is 1.06 bits per heavy atom. The molecule has 0 aliphatic heterocycles. The highest BCUT2D eigenvalue weighted by Crippen LogP contribution is 2.38. The van der Waals surface area contributed by atoms with Gasteiger partial charge in [0.1, 0.15) is 22.1 Å². The van der Waals surface area contributed by atoms with Crippen molar-refractivity contribution in [2.75, 3.05) is 7.11 Å². The Morgan fingerprint density at radius 3 is 2.59 bits per heavy atom. The van der Waals surface area contributed by atoms with Gasteiger partial charge in [0.15, 0.2) is 0 Å². The minimum absolute atomic E-state index is 0.0219. The van der Waals surface area contributed by atoms with Gasteiger partial charge < -0.3 is 14.6 Å². The van der Waals surface area contributed by atoms with Crippen molar-refractivity contribution in [1.29, 1.82) is 0 Å². The Bertz CT molecular complexity index is 1320. The summed E-state index contributed by atoms with van der Waals surface area (Å²) >= 11 is 1.48. The molecule has 0 saturated carbocycles. The number of benzene rings is 3. The molecule has 7 heteroatoms. The van der Waals surface area contributed by atoms with Gasteiger partial charge in [-0.2, -0.15) is 0 Å². The quantitative estimate of drug-likeness (QED) is 0.252. The number of thiazole rings is 1. The van der Waals surface area contributed by atoms with Crippen LogP contribution < -0.4 is 4.74 Å². The second-order valence-electron chi connectivity index (χ2n) is 6.98. The summed E-state index contributed by atoms with van der Waals surface area (Å²) in [5.41, 5.74) is 2.96. The van der Waals surface area contributed by atoms with Gasteiger partial charge in [-0.15, -0.1) is 11.3 Å². The first-order valence-electron chi connectivity index (χ1n) is 9.73. The number of nitrogens with zero attached hydrogens (tertiary/aromatic N) is 1. The van der Waals surface area contributed by atoms with E-state index in [9.17, 15) is 14.7 Å². The lowest BCUT2D eigenvalue weighted by Crippen LogP contribution is -2.09. The number of aromatic nitrogens is 1. The van der Waals surface area contributed by atoms with Crippen LogP contribution in [0.25, 0.3) is 26.9 Å². The number of para-hydroxylation sites is 2. The molecule has 3 aromatic carbocycles. The van der Waals surface area contributed by atoms with Gasteiger partial charge in [0, 0.05) is 11.6 Å². The molecule has 4 rings (SSSR count). The van der Waals surface area contributed by atoms with Crippen LogP contribution in [0.4, 0.5) is 0 Å². The van der Waals surface area contributed by atoms with E-state index in [4.69, 9.17) is 9.47 Å². The first-order chi connectivity index (χ1) is 15.5. The smallest absolute Gasteiger partial charge is 0.341 e. The van der Waals surface area contributed by atoms with Gasteiger partial charge in [0.05, 0.1) is 22.9 Å². The molecule has 32 heavy (non-hydrogen) atoms. The van der Waals surface area contributed by atoms with Gasteiger partial charge in [-0.05, 0) is 55.0 Å². The molecule has 4 aromatic rings. The molecule has 0 unspecified atom stereocenters.